The summed E-state index contributed by atoms with van der Waals surface area (Å²) >= 11 is 0. The van der Waals surface area contributed by atoms with Crippen LogP contribution in [0.4, 0.5) is 0 Å². The average molecular weight is 194 g/mol. The first-order chi connectivity index (χ1) is 6.83. The van der Waals surface area contributed by atoms with E-state index in [0.29, 0.717) is 0 Å². The number of hydrogen-bond acceptors (Lipinski definition) is 3. The van der Waals surface area contributed by atoms with Gasteiger partial charge in [-0.25, -0.2) is 4.79 Å². The molecule has 0 N–H and O–H groups in total. The summed E-state index contributed by atoms with van der Waals surface area (Å²) in [6.45, 7) is 3.71. The van der Waals surface area contributed by atoms with Crippen LogP contribution in [0.15, 0.2) is 22.0 Å². The third-order valence-corrected chi connectivity index (χ3v) is 2.70. The van der Waals surface area contributed by atoms with Gasteiger partial charge in [0.1, 0.15) is 0 Å². The minimum atomic E-state index is -0.325. The molecule has 1 aromatic heterocycles. The van der Waals surface area contributed by atoms with Gasteiger partial charge in [-0.15, -0.1) is 6.58 Å². The zero-order valence-electron chi connectivity index (χ0n) is 8.11. The molecule has 4 heteroatoms. The standard InChI is InChI=1S/C10H14N2O2/c1-2-5-8-6-3-4-7-9-11-14-10(13)12(8)9/h2,8H,1,3-7H2/t8-/m0/s1. The predicted octanol–water partition coefficient (Wildman–Crippen LogP) is 1.68. The van der Waals surface area contributed by atoms with E-state index in [-0.39, 0.29) is 11.8 Å². The van der Waals surface area contributed by atoms with Gasteiger partial charge in [0, 0.05) is 12.5 Å². The lowest BCUT2D eigenvalue weighted by atomic mass is 10.1. The summed E-state index contributed by atoms with van der Waals surface area (Å²) in [6, 6.07) is 0.198. The number of aryl methyl sites for hydroxylation is 1. The Morgan fingerprint density at radius 3 is 3.29 bits per heavy atom. The van der Waals surface area contributed by atoms with Crippen LogP contribution in [0.5, 0.6) is 0 Å². The molecular formula is C10H14N2O2. The van der Waals surface area contributed by atoms with Gasteiger partial charge in [0.15, 0.2) is 5.82 Å². The second-order valence-corrected chi connectivity index (χ2v) is 3.66. The molecule has 1 aliphatic heterocycles. The molecule has 2 rings (SSSR count). The Labute approximate surface area is 82.2 Å². The van der Waals surface area contributed by atoms with Crippen LogP contribution in [-0.4, -0.2) is 9.72 Å². The number of rotatable bonds is 2. The Morgan fingerprint density at radius 2 is 2.50 bits per heavy atom. The largest absolute Gasteiger partial charge is 0.441 e. The smallest absolute Gasteiger partial charge is 0.296 e. The Kier molecular flexibility index (Phi) is 2.52. The average Bonchev–Trinajstić information content (AvgIpc) is 2.43. The van der Waals surface area contributed by atoms with Crippen molar-refractivity contribution in [3.05, 3.63) is 29.0 Å². The maximum atomic E-state index is 11.4. The first-order valence-electron chi connectivity index (χ1n) is 5.01. The van der Waals surface area contributed by atoms with Crippen LogP contribution in [0, 0.1) is 0 Å². The molecule has 0 aromatic carbocycles. The first kappa shape index (κ1) is 9.24. The van der Waals surface area contributed by atoms with Gasteiger partial charge in [-0.1, -0.05) is 17.7 Å². The molecule has 0 bridgehead atoms. The quantitative estimate of drug-likeness (QED) is 0.673. The van der Waals surface area contributed by atoms with E-state index >= 15 is 0 Å². The van der Waals surface area contributed by atoms with Crippen molar-refractivity contribution in [2.75, 3.05) is 0 Å². The first-order valence-corrected chi connectivity index (χ1v) is 5.01. The maximum Gasteiger partial charge on any atom is 0.441 e. The van der Waals surface area contributed by atoms with E-state index in [2.05, 4.69) is 16.3 Å². The number of nitrogens with zero attached hydrogens (tertiary/aromatic N) is 2. The summed E-state index contributed by atoms with van der Waals surface area (Å²) in [5.74, 6) is 0.466. The van der Waals surface area contributed by atoms with Crippen molar-refractivity contribution in [1.29, 1.82) is 0 Å². The van der Waals surface area contributed by atoms with E-state index in [0.717, 1.165) is 37.9 Å². The van der Waals surface area contributed by atoms with Crippen molar-refractivity contribution in [2.45, 2.75) is 38.1 Å². The fraction of sp³-hybridized carbons (Fsp3) is 0.600. The summed E-state index contributed by atoms with van der Waals surface area (Å²) in [5.41, 5.74) is 0. The summed E-state index contributed by atoms with van der Waals surface area (Å²) in [5, 5.41) is 3.79. The topological polar surface area (TPSA) is 48.0 Å². The van der Waals surface area contributed by atoms with E-state index in [9.17, 15) is 4.79 Å². The van der Waals surface area contributed by atoms with E-state index in [1.807, 2.05) is 6.08 Å². The fourth-order valence-electron chi connectivity index (χ4n) is 2.02. The van der Waals surface area contributed by atoms with Crippen LogP contribution < -0.4 is 5.76 Å². The van der Waals surface area contributed by atoms with Crippen LogP contribution in [0.3, 0.4) is 0 Å². The monoisotopic (exact) mass is 194 g/mol. The van der Waals surface area contributed by atoms with Crippen LogP contribution in [0.25, 0.3) is 0 Å². The van der Waals surface area contributed by atoms with Gasteiger partial charge in [-0.05, 0) is 19.3 Å². The second kappa shape index (κ2) is 3.82. The molecule has 1 aliphatic rings. The van der Waals surface area contributed by atoms with E-state index in [1.165, 1.54) is 0 Å². The van der Waals surface area contributed by atoms with Crippen LogP contribution in [-0.2, 0) is 6.42 Å². The summed E-state index contributed by atoms with van der Waals surface area (Å²) < 4.78 is 6.36. The molecule has 0 unspecified atom stereocenters. The Bertz CT molecular complexity index is 378. The highest BCUT2D eigenvalue weighted by Crippen LogP contribution is 2.23. The zero-order valence-corrected chi connectivity index (χ0v) is 8.11. The van der Waals surface area contributed by atoms with E-state index in [1.54, 1.807) is 4.57 Å². The molecule has 0 saturated carbocycles. The molecule has 0 radical (unpaired) electrons. The van der Waals surface area contributed by atoms with E-state index in [4.69, 9.17) is 0 Å². The van der Waals surface area contributed by atoms with E-state index < -0.39 is 0 Å². The van der Waals surface area contributed by atoms with Crippen molar-refractivity contribution in [1.82, 2.24) is 9.72 Å². The minimum Gasteiger partial charge on any atom is -0.296 e. The Hall–Kier alpha value is -1.32. The third kappa shape index (κ3) is 1.52. The summed E-state index contributed by atoms with van der Waals surface area (Å²) in [6.07, 6.45) is 6.74. The van der Waals surface area contributed by atoms with Crippen molar-refractivity contribution in [3.8, 4) is 0 Å². The zero-order chi connectivity index (χ0) is 9.97. The van der Waals surface area contributed by atoms with Crippen LogP contribution in [0.2, 0.25) is 0 Å². The third-order valence-electron chi connectivity index (χ3n) is 2.70. The van der Waals surface area contributed by atoms with Gasteiger partial charge >= 0.3 is 5.76 Å². The van der Waals surface area contributed by atoms with Gasteiger partial charge in [-0.2, -0.15) is 0 Å². The number of allylic oxidation sites excluding steroid dienone is 1. The lowest BCUT2D eigenvalue weighted by Crippen LogP contribution is -2.21. The minimum absolute atomic E-state index is 0.198. The Morgan fingerprint density at radius 1 is 1.64 bits per heavy atom. The molecule has 0 amide bonds. The maximum absolute atomic E-state index is 11.4. The molecular weight excluding hydrogens is 180 g/mol. The number of fused-ring (bicyclic) bond motifs is 1. The lowest BCUT2D eigenvalue weighted by molar-refractivity contribution is 0.353. The highest BCUT2D eigenvalue weighted by Gasteiger charge is 2.21. The predicted molar refractivity (Wildman–Crippen MR) is 52.2 cm³/mol. The van der Waals surface area contributed by atoms with Gasteiger partial charge in [-0.3, -0.25) is 9.09 Å². The molecule has 2 heterocycles. The highest BCUT2D eigenvalue weighted by atomic mass is 16.5. The van der Waals surface area contributed by atoms with Gasteiger partial charge in [0.2, 0.25) is 0 Å². The highest BCUT2D eigenvalue weighted by molar-refractivity contribution is 4.93. The molecule has 0 saturated heterocycles. The number of aromatic nitrogens is 2. The van der Waals surface area contributed by atoms with Gasteiger partial charge in [0.05, 0.1) is 0 Å². The van der Waals surface area contributed by atoms with Crippen molar-refractivity contribution >= 4 is 0 Å². The molecule has 76 valence electrons. The molecule has 0 aliphatic carbocycles. The Balaban J connectivity index is 2.39. The fourth-order valence-corrected chi connectivity index (χ4v) is 2.02. The normalized spacial score (nSPS) is 21.3. The molecule has 4 nitrogen and oxygen atoms in total. The molecule has 1 aromatic rings. The summed E-state index contributed by atoms with van der Waals surface area (Å²) in [7, 11) is 0. The van der Waals surface area contributed by atoms with Gasteiger partial charge < -0.3 is 0 Å². The molecule has 1 atom stereocenters. The van der Waals surface area contributed by atoms with Crippen LogP contribution in [0.1, 0.15) is 37.5 Å². The SMILES string of the molecule is C=CC[C@H]1CCCCc2noc(=O)n21. The van der Waals surface area contributed by atoms with Crippen molar-refractivity contribution in [3.63, 3.8) is 0 Å². The van der Waals surface area contributed by atoms with Crippen molar-refractivity contribution in [2.24, 2.45) is 0 Å². The lowest BCUT2D eigenvalue weighted by Gasteiger charge is -2.12. The second-order valence-electron chi connectivity index (χ2n) is 3.66. The number of hydrogen-bond donors (Lipinski definition) is 0. The molecule has 14 heavy (non-hydrogen) atoms. The molecule has 0 fully saturated rings. The molecule has 0 spiro atoms. The van der Waals surface area contributed by atoms with Gasteiger partial charge in [0.25, 0.3) is 0 Å². The van der Waals surface area contributed by atoms with Crippen molar-refractivity contribution < 1.29 is 4.52 Å². The van der Waals surface area contributed by atoms with Crippen LogP contribution >= 0.6 is 0 Å². The summed E-state index contributed by atoms with van der Waals surface area (Å²) in [4.78, 5) is 11.4.